The molecule has 4 heterocycles. The third-order valence-corrected chi connectivity index (χ3v) is 5.68. The lowest BCUT2D eigenvalue weighted by Gasteiger charge is -2.33. The molecule has 2 aromatic heterocycles. The first-order valence-electron chi connectivity index (χ1n) is 10.4. The topological polar surface area (TPSA) is 82.2 Å². The van der Waals surface area contributed by atoms with E-state index in [1.165, 1.54) is 6.07 Å². The lowest BCUT2D eigenvalue weighted by Crippen LogP contribution is -2.35. The number of carbonyl (C=O) groups excluding carboxylic acids is 1. The van der Waals surface area contributed by atoms with Crippen LogP contribution in [0.25, 0.3) is 0 Å². The molecule has 2 amide bonds. The number of urea groups is 1. The Morgan fingerprint density at radius 1 is 1.29 bits per heavy atom. The van der Waals surface area contributed by atoms with E-state index in [0.29, 0.717) is 30.3 Å². The van der Waals surface area contributed by atoms with Crippen molar-refractivity contribution in [3.8, 4) is 0 Å². The first-order valence-corrected chi connectivity index (χ1v) is 10.4. The Kier molecular flexibility index (Phi) is 5.88. The van der Waals surface area contributed by atoms with Gasteiger partial charge in [0.25, 0.3) is 0 Å². The number of halogens is 3. The van der Waals surface area contributed by atoms with E-state index in [-0.39, 0.29) is 12.4 Å². The fourth-order valence-corrected chi connectivity index (χ4v) is 3.86. The van der Waals surface area contributed by atoms with E-state index < -0.39 is 17.9 Å². The predicted octanol–water partition coefficient (Wildman–Crippen LogP) is 4.02. The molecule has 2 aliphatic rings. The summed E-state index contributed by atoms with van der Waals surface area (Å²) in [5, 5.41) is 8.60. The minimum Gasteiger partial charge on any atom is -0.370 e. The molecule has 0 bridgehead atoms. The van der Waals surface area contributed by atoms with Crippen molar-refractivity contribution < 1.29 is 18.0 Å². The summed E-state index contributed by atoms with van der Waals surface area (Å²) in [6, 6.07) is 3.77. The maximum atomic E-state index is 13.2. The van der Waals surface area contributed by atoms with Gasteiger partial charge in [-0.25, -0.2) is 14.8 Å². The minimum atomic E-state index is -4.52. The van der Waals surface area contributed by atoms with Gasteiger partial charge < -0.3 is 20.9 Å². The molecule has 0 aromatic carbocycles. The third kappa shape index (κ3) is 5.00. The van der Waals surface area contributed by atoms with Gasteiger partial charge in [-0.2, -0.15) is 13.2 Å². The maximum Gasteiger partial charge on any atom is 0.433 e. The second-order valence-corrected chi connectivity index (χ2v) is 8.06. The van der Waals surface area contributed by atoms with Gasteiger partial charge >= 0.3 is 12.2 Å². The molecule has 10 heteroatoms. The molecular weight excluding hydrogens is 409 g/mol. The molecule has 0 radical (unpaired) electrons. The number of nitrogens with zero attached hydrogens (tertiary/aromatic N) is 3. The Morgan fingerprint density at radius 3 is 2.81 bits per heavy atom. The van der Waals surface area contributed by atoms with Crippen LogP contribution in [0.15, 0.2) is 24.4 Å². The van der Waals surface area contributed by atoms with E-state index in [1.54, 1.807) is 6.20 Å². The lowest BCUT2D eigenvalue weighted by atomic mass is 9.99. The summed E-state index contributed by atoms with van der Waals surface area (Å²) in [5.74, 6) is 1.64. The Morgan fingerprint density at radius 2 is 2.06 bits per heavy atom. The van der Waals surface area contributed by atoms with Gasteiger partial charge in [-0.15, -0.1) is 0 Å². The van der Waals surface area contributed by atoms with E-state index in [9.17, 15) is 18.0 Å². The van der Waals surface area contributed by atoms with Crippen molar-refractivity contribution in [2.24, 2.45) is 5.92 Å². The first-order chi connectivity index (χ1) is 14.8. The highest BCUT2D eigenvalue weighted by molar-refractivity contribution is 5.89. The molecule has 1 saturated heterocycles. The number of anilines is 3. The van der Waals surface area contributed by atoms with Gasteiger partial charge in [0.15, 0.2) is 0 Å². The van der Waals surface area contributed by atoms with Crippen molar-refractivity contribution in [3.05, 3.63) is 41.2 Å². The van der Waals surface area contributed by atoms with Gasteiger partial charge in [0.1, 0.15) is 17.3 Å². The largest absolute Gasteiger partial charge is 0.433 e. The summed E-state index contributed by atoms with van der Waals surface area (Å²) in [6.07, 6.45) is -0.321. The minimum absolute atomic E-state index is 0.0677. The van der Waals surface area contributed by atoms with E-state index in [4.69, 9.17) is 0 Å². The molecule has 3 N–H and O–H groups in total. The van der Waals surface area contributed by atoms with Crippen molar-refractivity contribution in [2.75, 3.05) is 35.2 Å². The van der Waals surface area contributed by atoms with Crippen LogP contribution >= 0.6 is 0 Å². The molecular formula is C21H25F3N6O. The number of piperidine rings is 1. The van der Waals surface area contributed by atoms with Crippen LogP contribution in [0.5, 0.6) is 0 Å². The van der Waals surface area contributed by atoms with Crippen molar-refractivity contribution in [2.45, 2.75) is 38.9 Å². The van der Waals surface area contributed by atoms with Gasteiger partial charge in [0.2, 0.25) is 0 Å². The number of hydrogen-bond donors (Lipinski definition) is 3. The Hall–Kier alpha value is -3.04. The highest BCUT2D eigenvalue weighted by Crippen LogP contribution is 2.32. The van der Waals surface area contributed by atoms with Crippen LogP contribution in [0.3, 0.4) is 0 Å². The van der Waals surface area contributed by atoms with Crippen LogP contribution in [0.4, 0.5) is 35.3 Å². The van der Waals surface area contributed by atoms with Gasteiger partial charge in [-0.3, -0.25) is 0 Å². The normalized spacial score (nSPS) is 16.6. The van der Waals surface area contributed by atoms with E-state index >= 15 is 0 Å². The summed E-state index contributed by atoms with van der Waals surface area (Å²) in [5.41, 5.74) is 1.23. The molecule has 166 valence electrons. The molecule has 0 atom stereocenters. The molecule has 31 heavy (non-hydrogen) atoms. The molecule has 0 spiro atoms. The number of nitrogens with one attached hydrogen (secondary N) is 3. The van der Waals surface area contributed by atoms with Gasteiger partial charge in [0.05, 0.1) is 11.9 Å². The van der Waals surface area contributed by atoms with Gasteiger partial charge in [-0.1, -0.05) is 13.0 Å². The van der Waals surface area contributed by atoms with Crippen LogP contribution in [-0.2, 0) is 19.1 Å². The quantitative estimate of drug-likeness (QED) is 0.677. The van der Waals surface area contributed by atoms with Crippen LogP contribution in [0.2, 0.25) is 0 Å². The number of aromatic nitrogens is 2. The smallest absolute Gasteiger partial charge is 0.370 e. The Labute approximate surface area is 178 Å². The average molecular weight is 434 g/mol. The molecule has 0 unspecified atom stereocenters. The van der Waals surface area contributed by atoms with Crippen LogP contribution in [0.1, 0.15) is 36.6 Å². The Bertz CT molecular complexity index is 957. The number of carbonyl (C=O) groups is 1. The van der Waals surface area contributed by atoms with Crippen LogP contribution < -0.4 is 20.9 Å². The monoisotopic (exact) mass is 434 g/mol. The van der Waals surface area contributed by atoms with Crippen molar-refractivity contribution in [1.29, 1.82) is 0 Å². The fourth-order valence-electron chi connectivity index (χ4n) is 3.86. The van der Waals surface area contributed by atoms with E-state index in [1.807, 2.05) is 11.0 Å². The molecule has 1 fully saturated rings. The number of fused-ring (bicyclic) bond motifs is 1. The standard InChI is InChI=1S/C21H25F3N6O/c1-13-5-8-30(9-6-13)19-15(2-3-17(29-19)21(22,23)24)11-27-20(31)28-16-10-14-4-7-25-18(14)26-12-16/h2-3,10,12-13H,4-9,11H2,1H3,(H,25,26)(H2,27,28,31). The fraction of sp³-hybridized carbons (Fsp3) is 0.476. The number of rotatable bonds is 4. The number of pyridine rings is 2. The van der Waals surface area contributed by atoms with Crippen LogP contribution in [0, 0.1) is 5.92 Å². The summed E-state index contributed by atoms with van der Waals surface area (Å²) in [6.45, 7) is 4.30. The number of alkyl halides is 3. The van der Waals surface area contributed by atoms with Crippen molar-refractivity contribution in [1.82, 2.24) is 15.3 Å². The third-order valence-electron chi connectivity index (χ3n) is 5.68. The van der Waals surface area contributed by atoms with Crippen molar-refractivity contribution in [3.63, 3.8) is 0 Å². The highest BCUT2D eigenvalue weighted by atomic mass is 19.4. The zero-order chi connectivity index (χ0) is 22.0. The Balaban J connectivity index is 1.46. The number of amides is 2. The zero-order valence-electron chi connectivity index (χ0n) is 17.2. The molecule has 7 nitrogen and oxygen atoms in total. The number of hydrogen-bond acceptors (Lipinski definition) is 5. The first kappa shape index (κ1) is 21.2. The molecule has 2 aromatic rings. The SMILES string of the molecule is CC1CCN(c2nc(C(F)(F)F)ccc2CNC(=O)Nc2cnc3c(c2)CCN3)CC1. The maximum absolute atomic E-state index is 13.2. The summed E-state index contributed by atoms with van der Waals surface area (Å²) in [4.78, 5) is 22.4. The summed E-state index contributed by atoms with van der Waals surface area (Å²) >= 11 is 0. The van der Waals surface area contributed by atoms with Crippen LogP contribution in [-0.4, -0.2) is 35.6 Å². The van der Waals surface area contributed by atoms with Gasteiger partial charge in [0, 0.05) is 31.7 Å². The second-order valence-electron chi connectivity index (χ2n) is 8.06. The van der Waals surface area contributed by atoms with Crippen molar-refractivity contribution >= 4 is 23.4 Å². The molecule has 2 aliphatic heterocycles. The summed E-state index contributed by atoms with van der Waals surface area (Å²) in [7, 11) is 0. The van der Waals surface area contributed by atoms with E-state index in [2.05, 4.69) is 32.8 Å². The second kappa shape index (κ2) is 8.60. The summed E-state index contributed by atoms with van der Waals surface area (Å²) < 4.78 is 39.6. The average Bonchev–Trinajstić information content (AvgIpc) is 3.20. The predicted molar refractivity (Wildman–Crippen MR) is 112 cm³/mol. The molecule has 0 saturated carbocycles. The highest BCUT2D eigenvalue weighted by Gasteiger charge is 2.34. The molecule has 4 rings (SSSR count). The molecule has 0 aliphatic carbocycles. The zero-order valence-corrected chi connectivity index (χ0v) is 17.2. The van der Waals surface area contributed by atoms with Gasteiger partial charge in [-0.05, 0) is 42.9 Å². The lowest BCUT2D eigenvalue weighted by molar-refractivity contribution is -0.141. The van der Waals surface area contributed by atoms with E-state index in [0.717, 1.165) is 43.3 Å².